The van der Waals surface area contributed by atoms with Gasteiger partial charge in [0.15, 0.2) is 5.69 Å². The largest absolute Gasteiger partial charge is 0.477 e. The van der Waals surface area contributed by atoms with Gasteiger partial charge in [0.25, 0.3) is 0 Å². The second-order valence-corrected chi connectivity index (χ2v) is 4.18. The van der Waals surface area contributed by atoms with Crippen molar-refractivity contribution in [3.8, 4) is 0 Å². The van der Waals surface area contributed by atoms with Crippen molar-refractivity contribution in [3.63, 3.8) is 0 Å². The van der Waals surface area contributed by atoms with Crippen LogP contribution in [0.15, 0.2) is 30.3 Å². The highest BCUT2D eigenvalue weighted by Gasteiger charge is 2.14. The number of benzene rings is 1. The SMILES string of the molecule is CN(CC(N)=O)c1nc(C(=O)O)cc2ccccc12. The predicted octanol–water partition coefficient (Wildman–Crippen LogP) is 0.854. The number of rotatable bonds is 4. The summed E-state index contributed by atoms with van der Waals surface area (Å²) in [4.78, 5) is 27.7. The summed E-state index contributed by atoms with van der Waals surface area (Å²) in [5, 5.41) is 10.6. The Kier molecular flexibility index (Phi) is 3.33. The molecule has 0 bridgehead atoms. The maximum Gasteiger partial charge on any atom is 0.354 e. The number of hydrogen-bond donors (Lipinski definition) is 2. The summed E-state index contributed by atoms with van der Waals surface area (Å²) in [6, 6.07) is 8.75. The molecule has 0 atom stereocenters. The van der Waals surface area contributed by atoms with Crippen LogP contribution < -0.4 is 10.6 Å². The Morgan fingerprint density at radius 2 is 2.05 bits per heavy atom. The van der Waals surface area contributed by atoms with Gasteiger partial charge in [-0.3, -0.25) is 4.79 Å². The molecule has 3 N–H and O–H groups in total. The minimum Gasteiger partial charge on any atom is -0.477 e. The number of aromatic nitrogens is 1. The van der Waals surface area contributed by atoms with Crippen LogP contribution in [0.1, 0.15) is 10.5 Å². The van der Waals surface area contributed by atoms with Crippen LogP contribution in [0.25, 0.3) is 10.8 Å². The van der Waals surface area contributed by atoms with Crippen LogP contribution >= 0.6 is 0 Å². The summed E-state index contributed by atoms with van der Waals surface area (Å²) >= 11 is 0. The van der Waals surface area contributed by atoms with E-state index < -0.39 is 11.9 Å². The van der Waals surface area contributed by atoms with E-state index >= 15 is 0 Å². The highest BCUT2D eigenvalue weighted by atomic mass is 16.4. The van der Waals surface area contributed by atoms with Gasteiger partial charge in [-0.2, -0.15) is 0 Å². The fourth-order valence-electron chi connectivity index (χ4n) is 1.89. The lowest BCUT2D eigenvalue weighted by molar-refractivity contribution is -0.116. The van der Waals surface area contributed by atoms with Crippen molar-refractivity contribution in [1.29, 1.82) is 0 Å². The summed E-state index contributed by atoms with van der Waals surface area (Å²) in [5.74, 6) is -1.19. The zero-order chi connectivity index (χ0) is 14.0. The van der Waals surface area contributed by atoms with E-state index in [9.17, 15) is 9.59 Å². The third-order valence-corrected chi connectivity index (χ3v) is 2.69. The quantitative estimate of drug-likeness (QED) is 0.848. The van der Waals surface area contributed by atoms with Crippen molar-refractivity contribution in [2.45, 2.75) is 0 Å². The topological polar surface area (TPSA) is 96.5 Å². The molecule has 0 saturated carbocycles. The van der Waals surface area contributed by atoms with E-state index in [1.165, 1.54) is 11.0 Å². The molecule has 2 rings (SSSR count). The van der Waals surface area contributed by atoms with E-state index in [0.29, 0.717) is 5.82 Å². The lowest BCUT2D eigenvalue weighted by atomic mass is 10.1. The van der Waals surface area contributed by atoms with Crippen molar-refractivity contribution in [1.82, 2.24) is 4.98 Å². The number of hydrogen-bond acceptors (Lipinski definition) is 4. The zero-order valence-corrected chi connectivity index (χ0v) is 10.3. The van der Waals surface area contributed by atoms with Gasteiger partial charge in [0.05, 0.1) is 6.54 Å². The van der Waals surface area contributed by atoms with E-state index in [1.54, 1.807) is 13.1 Å². The summed E-state index contributed by atoms with van der Waals surface area (Å²) in [6.07, 6.45) is 0. The minimum atomic E-state index is -1.11. The third-order valence-electron chi connectivity index (χ3n) is 2.69. The van der Waals surface area contributed by atoms with Crippen LogP contribution in [0.3, 0.4) is 0 Å². The van der Waals surface area contributed by atoms with E-state index in [4.69, 9.17) is 10.8 Å². The number of carbonyl (C=O) groups is 2. The molecule has 1 heterocycles. The molecular formula is C13H13N3O3. The molecular weight excluding hydrogens is 246 g/mol. The number of likely N-dealkylation sites (N-methyl/N-ethyl adjacent to an activating group) is 1. The molecule has 1 amide bonds. The minimum absolute atomic E-state index is 0.0277. The van der Waals surface area contributed by atoms with Gasteiger partial charge in [0, 0.05) is 12.4 Å². The van der Waals surface area contributed by atoms with Gasteiger partial charge in [0.2, 0.25) is 5.91 Å². The summed E-state index contributed by atoms with van der Waals surface area (Å²) in [5.41, 5.74) is 5.08. The molecule has 6 heteroatoms. The standard InChI is InChI=1S/C13H13N3O3/c1-16(7-11(14)17)12-9-5-3-2-4-8(9)6-10(15-12)13(18)19/h2-6H,7H2,1H3,(H2,14,17)(H,18,19). The number of nitrogens with zero attached hydrogens (tertiary/aromatic N) is 2. The van der Waals surface area contributed by atoms with Crippen LogP contribution in [0.5, 0.6) is 0 Å². The molecule has 98 valence electrons. The number of pyridine rings is 1. The normalized spacial score (nSPS) is 10.4. The van der Waals surface area contributed by atoms with Crippen LogP contribution in [-0.2, 0) is 4.79 Å². The molecule has 0 aliphatic rings. The maximum atomic E-state index is 11.1. The summed E-state index contributed by atoms with van der Waals surface area (Å²) in [6.45, 7) is -0.0277. The molecule has 0 spiro atoms. The molecule has 0 saturated heterocycles. The Balaban J connectivity index is 2.62. The molecule has 0 aliphatic heterocycles. The molecule has 0 fully saturated rings. The first kappa shape index (κ1) is 12.8. The van der Waals surface area contributed by atoms with E-state index in [2.05, 4.69) is 4.98 Å². The second-order valence-electron chi connectivity index (χ2n) is 4.18. The molecule has 1 aromatic heterocycles. The zero-order valence-electron chi connectivity index (χ0n) is 10.3. The first-order valence-corrected chi connectivity index (χ1v) is 5.61. The number of primary amides is 1. The smallest absolute Gasteiger partial charge is 0.354 e. The number of anilines is 1. The molecule has 0 radical (unpaired) electrons. The Bertz CT molecular complexity index is 655. The van der Waals surface area contributed by atoms with Gasteiger partial charge >= 0.3 is 5.97 Å². The number of aromatic carboxylic acids is 1. The van der Waals surface area contributed by atoms with E-state index in [-0.39, 0.29) is 12.2 Å². The van der Waals surface area contributed by atoms with Crippen LogP contribution in [0.2, 0.25) is 0 Å². The van der Waals surface area contributed by atoms with Crippen molar-refractivity contribution in [3.05, 3.63) is 36.0 Å². The van der Waals surface area contributed by atoms with Gasteiger partial charge < -0.3 is 15.7 Å². The van der Waals surface area contributed by atoms with Crippen LogP contribution in [0.4, 0.5) is 5.82 Å². The Hall–Kier alpha value is -2.63. The predicted molar refractivity (Wildman–Crippen MR) is 71.2 cm³/mol. The van der Waals surface area contributed by atoms with Crippen LogP contribution in [-0.4, -0.2) is 35.6 Å². The van der Waals surface area contributed by atoms with Crippen molar-refractivity contribution in [2.75, 3.05) is 18.5 Å². The van der Waals surface area contributed by atoms with Gasteiger partial charge in [-0.25, -0.2) is 9.78 Å². The Morgan fingerprint density at radius 1 is 1.37 bits per heavy atom. The molecule has 0 aliphatic carbocycles. The van der Waals surface area contributed by atoms with E-state index in [1.807, 2.05) is 18.2 Å². The average molecular weight is 259 g/mol. The number of carbonyl (C=O) groups excluding carboxylic acids is 1. The first-order valence-electron chi connectivity index (χ1n) is 5.61. The molecule has 0 unspecified atom stereocenters. The highest BCUT2D eigenvalue weighted by molar-refractivity contribution is 5.98. The number of nitrogens with two attached hydrogens (primary N) is 1. The number of amides is 1. The monoisotopic (exact) mass is 259 g/mol. The number of fused-ring (bicyclic) bond motifs is 1. The van der Waals surface area contributed by atoms with Gasteiger partial charge in [0.1, 0.15) is 5.82 Å². The Labute approximate surface area is 109 Å². The molecule has 2 aromatic rings. The Morgan fingerprint density at radius 3 is 2.68 bits per heavy atom. The average Bonchev–Trinajstić information content (AvgIpc) is 2.36. The fraction of sp³-hybridized carbons (Fsp3) is 0.154. The van der Waals surface area contributed by atoms with Crippen molar-refractivity contribution in [2.24, 2.45) is 5.73 Å². The third kappa shape index (κ3) is 2.62. The molecule has 1 aromatic carbocycles. The summed E-state index contributed by atoms with van der Waals surface area (Å²) < 4.78 is 0. The number of carboxylic acid groups (broad SMARTS) is 1. The van der Waals surface area contributed by atoms with Crippen LogP contribution in [0, 0.1) is 0 Å². The first-order chi connectivity index (χ1) is 8.99. The molecule has 19 heavy (non-hydrogen) atoms. The second kappa shape index (κ2) is 4.93. The van der Waals surface area contributed by atoms with E-state index in [0.717, 1.165) is 10.8 Å². The molecule has 6 nitrogen and oxygen atoms in total. The van der Waals surface area contributed by atoms with Crippen molar-refractivity contribution >= 4 is 28.5 Å². The van der Waals surface area contributed by atoms with Gasteiger partial charge in [-0.15, -0.1) is 0 Å². The number of carboxylic acids is 1. The van der Waals surface area contributed by atoms with Gasteiger partial charge in [-0.1, -0.05) is 24.3 Å². The fourth-order valence-corrected chi connectivity index (χ4v) is 1.89. The summed E-state index contributed by atoms with van der Waals surface area (Å²) in [7, 11) is 1.64. The van der Waals surface area contributed by atoms with Gasteiger partial charge in [-0.05, 0) is 11.5 Å². The highest BCUT2D eigenvalue weighted by Crippen LogP contribution is 2.24. The maximum absolute atomic E-state index is 11.1. The van der Waals surface area contributed by atoms with Crippen molar-refractivity contribution < 1.29 is 14.7 Å². The lowest BCUT2D eigenvalue weighted by Crippen LogP contribution is -2.31. The lowest BCUT2D eigenvalue weighted by Gasteiger charge is -2.18.